The second-order valence-electron chi connectivity index (χ2n) is 9.03. The Morgan fingerprint density at radius 2 is 1.51 bits per heavy atom. The van der Waals surface area contributed by atoms with Gasteiger partial charge in [0.25, 0.3) is 0 Å². The predicted octanol–water partition coefficient (Wildman–Crippen LogP) is 6.97. The number of unbranched alkanes of at least 4 members (excludes halogenated alkanes) is 2. The van der Waals surface area contributed by atoms with Crippen molar-refractivity contribution in [3.63, 3.8) is 0 Å². The summed E-state index contributed by atoms with van der Waals surface area (Å²) in [4.78, 5) is 23.6. The molecule has 0 N–H and O–H groups in total. The van der Waals surface area contributed by atoms with Crippen molar-refractivity contribution >= 4 is 11.9 Å². The number of carbonyl (C=O) groups is 2. The van der Waals surface area contributed by atoms with Crippen LogP contribution in [0.4, 0.5) is 0 Å². The van der Waals surface area contributed by atoms with Gasteiger partial charge in [-0.15, -0.1) is 0 Å². The molecular weight excluding hydrogens is 492 g/mol. The van der Waals surface area contributed by atoms with Crippen LogP contribution in [0.5, 0.6) is 11.5 Å². The first kappa shape index (κ1) is 29.4. The minimum absolute atomic E-state index is 0.106. The molecule has 0 aromatic heterocycles. The first-order valence-corrected chi connectivity index (χ1v) is 13.1. The van der Waals surface area contributed by atoms with Gasteiger partial charge in [0.2, 0.25) is 0 Å². The van der Waals surface area contributed by atoms with Crippen molar-refractivity contribution in [2.45, 2.75) is 32.6 Å². The molecule has 204 valence electrons. The third kappa shape index (κ3) is 8.97. The number of ether oxygens (including phenoxy) is 4. The second-order valence-corrected chi connectivity index (χ2v) is 9.03. The highest BCUT2D eigenvalue weighted by Gasteiger charge is 2.14. The molecule has 0 unspecified atom stereocenters. The first-order valence-electron chi connectivity index (χ1n) is 13.1. The van der Waals surface area contributed by atoms with Gasteiger partial charge >= 0.3 is 11.9 Å². The van der Waals surface area contributed by atoms with E-state index < -0.39 is 11.9 Å². The van der Waals surface area contributed by atoms with Gasteiger partial charge in [-0.3, -0.25) is 0 Å². The van der Waals surface area contributed by atoms with Crippen LogP contribution in [0.1, 0.15) is 31.7 Å². The lowest BCUT2D eigenvalue weighted by atomic mass is 9.93. The molecule has 0 saturated carbocycles. The lowest BCUT2D eigenvalue weighted by Gasteiger charge is -2.14. The van der Waals surface area contributed by atoms with Gasteiger partial charge in [0.05, 0.1) is 12.2 Å². The molecule has 3 aromatic rings. The number of methoxy groups -OCH3 is 1. The van der Waals surface area contributed by atoms with Gasteiger partial charge in [0, 0.05) is 13.2 Å². The average Bonchev–Trinajstić information content (AvgIpc) is 2.96. The monoisotopic (exact) mass is 528 g/mol. The lowest BCUT2D eigenvalue weighted by Crippen LogP contribution is -2.14. The summed E-state index contributed by atoms with van der Waals surface area (Å²) >= 11 is 0. The van der Waals surface area contributed by atoms with Crippen LogP contribution in [0.3, 0.4) is 0 Å². The molecule has 0 amide bonds. The number of rotatable bonds is 15. The molecular formula is C33H36O6. The summed E-state index contributed by atoms with van der Waals surface area (Å²) in [6, 6.07) is 21.8. The van der Waals surface area contributed by atoms with Crippen molar-refractivity contribution in [3.8, 4) is 33.8 Å². The minimum Gasteiger partial charge on any atom is -0.490 e. The summed E-state index contributed by atoms with van der Waals surface area (Å²) in [7, 11) is 1.51. The highest BCUT2D eigenvalue weighted by Crippen LogP contribution is 2.36. The molecule has 0 aliphatic rings. The number of esters is 2. The van der Waals surface area contributed by atoms with Gasteiger partial charge in [0.1, 0.15) is 24.7 Å². The van der Waals surface area contributed by atoms with E-state index in [1.807, 2.05) is 36.4 Å². The Hall–Kier alpha value is -4.16. The van der Waals surface area contributed by atoms with Gasteiger partial charge in [-0.1, -0.05) is 75.4 Å². The smallest absolute Gasteiger partial charge is 0.341 e. The van der Waals surface area contributed by atoms with Crippen LogP contribution in [0.25, 0.3) is 22.3 Å². The maximum atomic E-state index is 12.4. The van der Waals surface area contributed by atoms with Crippen molar-refractivity contribution in [2.24, 2.45) is 0 Å². The summed E-state index contributed by atoms with van der Waals surface area (Å²) in [6.07, 6.45) is 5.75. The van der Waals surface area contributed by atoms with Gasteiger partial charge in [0.15, 0.2) is 0 Å². The zero-order valence-corrected chi connectivity index (χ0v) is 22.7. The third-order valence-electron chi connectivity index (χ3n) is 6.07. The van der Waals surface area contributed by atoms with Gasteiger partial charge in [-0.05, 0) is 64.9 Å². The van der Waals surface area contributed by atoms with Crippen LogP contribution >= 0.6 is 0 Å². The Morgan fingerprint density at radius 1 is 0.846 bits per heavy atom. The summed E-state index contributed by atoms with van der Waals surface area (Å²) in [5, 5.41) is 0. The molecule has 0 saturated heterocycles. The third-order valence-corrected chi connectivity index (χ3v) is 6.07. The van der Waals surface area contributed by atoms with E-state index in [1.165, 1.54) is 31.9 Å². The maximum Gasteiger partial charge on any atom is 0.341 e. The second kappa shape index (κ2) is 15.3. The number of carbonyl (C=O) groups excluding carboxylic acids is 2. The van der Waals surface area contributed by atoms with E-state index >= 15 is 0 Å². The molecule has 6 nitrogen and oxygen atoms in total. The predicted molar refractivity (Wildman–Crippen MR) is 154 cm³/mol. The zero-order valence-electron chi connectivity index (χ0n) is 22.7. The maximum absolute atomic E-state index is 12.4. The van der Waals surface area contributed by atoms with Crippen LogP contribution in [0, 0.1) is 0 Å². The summed E-state index contributed by atoms with van der Waals surface area (Å²) in [6.45, 7) is 9.79. The fraction of sp³-hybridized carbons (Fsp3) is 0.273. The molecule has 6 heteroatoms. The number of hydrogen-bond donors (Lipinski definition) is 0. The topological polar surface area (TPSA) is 71.1 Å². The standard InChI is InChI=1S/C33H36O6/c1-5-7-8-9-25-10-12-27(13-11-25)31-22-29(39-33(35)24(3)23-36-4)18-19-30(31)26-14-16-28(17-15-26)37-20-21-38-32(34)6-2/h6,10-19,22H,2-3,5,7-9,20-21,23H2,1,4H3. The summed E-state index contributed by atoms with van der Waals surface area (Å²) in [5.74, 6) is 0.0836. The molecule has 0 fully saturated rings. The molecule has 0 aliphatic carbocycles. The van der Waals surface area contributed by atoms with E-state index in [1.54, 1.807) is 6.07 Å². The van der Waals surface area contributed by atoms with E-state index in [9.17, 15) is 9.59 Å². The zero-order chi connectivity index (χ0) is 28.0. The molecule has 0 heterocycles. The van der Waals surface area contributed by atoms with Crippen molar-refractivity contribution < 1.29 is 28.5 Å². The number of hydrogen-bond acceptors (Lipinski definition) is 6. The van der Waals surface area contributed by atoms with E-state index in [-0.39, 0.29) is 25.4 Å². The van der Waals surface area contributed by atoms with Crippen LogP contribution in [-0.2, 0) is 25.5 Å². The highest BCUT2D eigenvalue weighted by molar-refractivity contribution is 5.91. The van der Waals surface area contributed by atoms with Gasteiger partial charge in [-0.25, -0.2) is 9.59 Å². The molecule has 3 aromatic carbocycles. The van der Waals surface area contributed by atoms with Crippen molar-refractivity contribution in [1.29, 1.82) is 0 Å². The molecule has 0 aliphatic heterocycles. The molecule has 3 rings (SSSR count). The normalized spacial score (nSPS) is 10.5. The molecule has 0 radical (unpaired) electrons. The fourth-order valence-corrected chi connectivity index (χ4v) is 4.01. The Bertz CT molecular complexity index is 1260. The molecule has 0 atom stereocenters. The summed E-state index contributed by atoms with van der Waals surface area (Å²) in [5.41, 5.74) is 5.45. The van der Waals surface area contributed by atoms with Crippen LogP contribution in [0.2, 0.25) is 0 Å². The molecule has 39 heavy (non-hydrogen) atoms. The Balaban J connectivity index is 1.85. The quantitative estimate of drug-likeness (QED) is 0.0918. The summed E-state index contributed by atoms with van der Waals surface area (Å²) < 4.78 is 21.2. The van der Waals surface area contributed by atoms with Crippen LogP contribution in [0.15, 0.2) is 91.5 Å². The largest absolute Gasteiger partial charge is 0.490 e. The first-order chi connectivity index (χ1) is 18.9. The van der Waals surface area contributed by atoms with E-state index in [2.05, 4.69) is 44.3 Å². The lowest BCUT2D eigenvalue weighted by molar-refractivity contribution is -0.138. The Morgan fingerprint density at radius 3 is 2.18 bits per heavy atom. The number of benzene rings is 3. The van der Waals surface area contributed by atoms with Gasteiger partial charge in [-0.2, -0.15) is 0 Å². The molecule has 0 bridgehead atoms. The van der Waals surface area contributed by atoms with E-state index in [0.717, 1.165) is 34.8 Å². The van der Waals surface area contributed by atoms with Crippen LogP contribution in [-0.4, -0.2) is 38.9 Å². The Labute approximate surface area is 230 Å². The van der Waals surface area contributed by atoms with Crippen molar-refractivity contribution in [1.82, 2.24) is 0 Å². The fourth-order valence-electron chi connectivity index (χ4n) is 4.01. The van der Waals surface area contributed by atoms with Crippen molar-refractivity contribution in [2.75, 3.05) is 26.9 Å². The molecule has 0 spiro atoms. The van der Waals surface area contributed by atoms with Crippen LogP contribution < -0.4 is 9.47 Å². The van der Waals surface area contributed by atoms with Gasteiger partial charge < -0.3 is 18.9 Å². The highest BCUT2D eigenvalue weighted by atomic mass is 16.6. The average molecular weight is 529 g/mol. The van der Waals surface area contributed by atoms with Crippen molar-refractivity contribution in [3.05, 3.63) is 97.1 Å². The van der Waals surface area contributed by atoms with E-state index in [4.69, 9.17) is 18.9 Å². The SMILES string of the molecule is C=CC(=O)OCCOc1ccc(-c2ccc(OC(=O)C(=C)COC)cc2-c2ccc(CCCCC)cc2)cc1. The Kier molecular flexibility index (Phi) is 11.5. The minimum atomic E-state index is -0.526. The van der Waals surface area contributed by atoms with E-state index in [0.29, 0.717) is 11.5 Å². The number of aryl methyl sites for hydroxylation is 1.